The number of carbonyl (C=O) groups is 1. The van der Waals surface area contributed by atoms with Gasteiger partial charge >= 0.3 is 5.97 Å². The zero-order valence-electron chi connectivity index (χ0n) is 9.14. The lowest BCUT2D eigenvalue weighted by atomic mass is 10.4. The van der Waals surface area contributed by atoms with Gasteiger partial charge in [0.25, 0.3) is 8.32 Å². The van der Waals surface area contributed by atoms with E-state index in [1.165, 1.54) is 0 Å². The monoisotopic (exact) mass is 200 g/mol. The molecule has 0 atom stereocenters. The molecular weight excluding hydrogens is 180 g/mol. The second kappa shape index (κ2) is 5.22. The van der Waals surface area contributed by atoms with Crippen LogP contribution in [0.5, 0.6) is 0 Å². The fraction of sp³-hybridized carbons (Fsp3) is 0.700. The third kappa shape index (κ3) is 3.34. The van der Waals surface area contributed by atoms with Gasteiger partial charge in [0.05, 0.1) is 0 Å². The fourth-order valence-corrected chi connectivity index (χ4v) is 3.75. The first-order valence-electron chi connectivity index (χ1n) is 4.90. The molecule has 0 heterocycles. The van der Waals surface area contributed by atoms with Crippen LogP contribution in [-0.2, 0) is 9.22 Å². The zero-order chi connectivity index (χ0) is 10.5. The average molecular weight is 200 g/mol. The van der Waals surface area contributed by atoms with E-state index >= 15 is 0 Å². The van der Waals surface area contributed by atoms with Crippen molar-refractivity contribution in [2.45, 2.75) is 45.8 Å². The second-order valence-corrected chi connectivity index (χ2v) is 8.10. The summed E-state index contributed by atoms with van der Waals surface area (Å²) < 4.78 is 5.55. The highest BCUT2D eigenvalue weighted by Crippen LogP contribution is 2.22. The predicted molar refractivity (Wildman–Crippen MR) is 58.1 cm³/mol. The Balaban J connectivity index is 4.42. The van der Waals surface area contributed by atoms with E-state index in [1.54, 1.807) is 6.92 Å². The molecule has 76 valence electrons. The number of hydrogen-bond donors (Lipinski definition) is 0. The summed E-state index contributed by atoms with van der Waals surface area (Å²) in [5.74, 6) is -0.211. The molecule has 0 unspecified atom stereocenters. The summed E-state index contributed by atoms with van der Waals surface area (Å²) in [6.07, 6.45) is 0. The van der Waals surface area contributed by atoms with Gasteiger partial charge in [0, 0.05) is 5.57 Å². The van der Waals surface area contributed by atoms with E-state index in [-0.39, 0.29) is 5.97 Å². The standard InChI is InChI=1S/C10H20O2Si/c1-6-13(7-2,8-3)12-10(11)9(4)5/h4,6-8H2,1-3,5H3. The van der Waals surface area contributed by atoms with Gasteiger partial charge < -0.3 is 4.43 Å². The highest BCUT2D eigenvalue weighted by atomic mass is 28.4. The maximum atomic E-state index is 11.3. The molecule has 0 aliphatic rings. The molecule has 0 aromatic heterocycles. The molecule has 0 rings (SSSR count). The normalized spacial score (nSPS) is 11.1. The SMILES string of the molecule is C=C(C)C(=O)O[Si](CC)(CC)CC. The second-order valence-electron chi connectivity index (χ2n) is 3.41. The van der Waals surface area contributed by atoms with Gasteiger partial charge in [-0.2, -0.15) is 0 Å². The maximum absolute atomic E-state index is 11.3. The van der Waals surface area contributed by atoms with E-state index in [1.807, 2.05) is 0 Å². The van der Waals surface area contributed by atoms with Crippen molar-refractivity contribution in [3.05, 3.63) is 12.2 Å². The lowest BCUT2D eigenvalue weighted by molar-refractivity contribution is -0.131. The van der Waals surface area contributed by atoms with Crippen LogP contribution in [0.2, 0.25) is 18.1 Å². The molecule has 0 spiro atoms. The quantitative estimate of drug-likeness (QED) is 0.503. The van der Waals surface area contributed by atoms with Crippen molar-refractivity contribution in [2.75, 3.05) is 0 Å². The summed E-state index contributed by atoms with van der Waals surface area (Å²) in [5.41, 5.74) is 0.507. The predicted octanol–water partition coefficient (Wildman–Crippen LogP) is 3.11. The Bertz CT molecular complexity index is 187. The Kier molecular flexibility index (Phi) is 4.99. The van der Waals surface area contributed by atoms with Crippen LogP contribution in [0.4, 0.5) is 0 Å². The van der Waals surface area contributed by atoms with Gasteiger partial charge in [-0.25, -0.2) is 4.79 Å². The molecule has 0 saturated heterocycles. The first-order valence-corrected chi connectivity index (χ1v) is 7.43. The molecule has 3 heteroatoms. The number of hydrogen-bond acceptors (Lipinski definition) is 2. The van der Waals surface area contributed by atoms with E-state index < -0.39 is 8.32 Å². The van der Waals surface area contributed by atoms with Gasteiger partial charge in [-0.05, 0) is 25.1 Å². The van der Waals surface area contributed by atoms with Crippen LogP contribution in [0.15, 0.2) is 12.2 Å². The van der Waals surface area contributed by atoms with Gasteiger partial charge in [0.2, 0.25) is 0 Å². The molecule has 13 heavy (non-hydrogen) atoms. The van der Waals surface area contributed by atoms with Gasteiger partial charge in [0.15, 0.2) is 0 Å². The third-order valence-corrected chi connectivity index (χ3v) is 7.08. The molecule has 0 aliphatic carbocycles. The van der Waals surface area contributed by atoms with Crippen LogP contribution in [0.25, 0.3) is 0 Å². The Morgan fingerprint density at radius 2 is 1.62 bits per heavy atom. The van der Waals surface area contributed by atoms with Crippen molar-refractivity contribution in [1.82, 2.24) is 0 Å². The van der Waals surface area contributed by atoms with Crippen molar-refractivity contribution in [3.63, 3.8) is 0 Å². The van der Waals surface area contributed by atoms with E-state index in [0.29, 0.717) is 5.57 Å². The molecule has 0 saturated carbocycles. The maximum Gasteiger partial charge on any atom is 0.319 e. The van der Waals surface area contributed by atoms with Crippen molar-refractivity contribution < 1.29 is 9.22 Å². The van der Waals surface area contributed by atoms with Crippen molar-refractivity contribution in [2.24, 2.45) is 0 Å². The van der Waals surface area contributed by atoms with E-state index in [9.17, 15) is 4.79 Å². The Labute approximate surface area is 82.1 Å². The Morgan fingerprint density at radius 3 is 1.85 bits per heavy atom. The van der Waals surface area contributed by atoms with Gasteiger partial charge in [-0.1, -0.05) is 27.4 Å². The molecule has 0 amide bonds. The lowest BCUT2D eigenvalue weighted by Crippen LogP contribution is -2.38. The molecule has 0 bridgehead atoms. The Hall–Kier alpha value is -0.573. The zero-order valence-corrected chi connectivity index (χ0v) is 10.1. The third-order valence-electron chi connectivity index (χ3n) is 2.59. The fourth-order valence-electron chi connectivity index (χ4n) is 1.25. The van der Waals surface area contributed by atoms with E-state index in [0.717, 1.165) is 18.1 Å². The first kappa shape index (κ1) is 12.4. The van der Waals surface area contributed by atoms with Gasteiger partial charge in [0.1, 0.15) is 0 Å². The van der Waals surface area contributed by atoms with Crippen LogP contribution in [0.3, 0.4) is 0 Å². The lowest BCUT2D eigenvalue weighted by Gasteiger charge is -2.27. The largest absolute Gasteiger partial charge is 0.516 e. The number of rotatable bonds is 5. The van der Waals surface area contributed by atoms with Crippen LogP contribution < -0.4 is 0 Å². The molecular formula is C10H20O2Si. The van der Waals surface area contributed by atoms with Crippen molar-refractivity contribution in [3.8, 4) is 0 Å². The summed E-state index contributed by atoms with van der Waals surface area (Å²) in [4.78, 5) is 11.3. The summed E-state index contributed by atoms with van der Waals surface area (Å²) in [6.45, 7) is 11.6. The summed E-state index contributed by atoms with van der Waals surface area (Å²) in [7, 11) is -1.75. The first-order chi connectivity index (χ1) is 6.01. The van der Waals surface area contributed by atoms with E-state index in [2.05, 4.69) is 27.4 Å². The highest BCUT2D eigenvalue weighted by molar-refractivity contribution is 6.75. The highest BCUT2D eigenvalue weighted by Gasteiger charge is 2.32. The molecule has 0 fully saturated rings. The van der Waals surface area contributed by atoms with Crippen molar-refractivity contribution in [1.29, 1.82) is 0 Å². The van der Waals surface area contributed by atoms with Crippen LogP contribution >= 0.6 is 0 Å². The molecule has 0 aromatic rings. The van der Waals surface area contributed by atoms with Gasteiger partial charge in [-0.3, -0.25) is 0 Å². The smallest absolute Gasteiger partial charge is 0.319 e. The molecule has 0 aromatic carbocycles. The summed E-state index contributed by atoms with van der Waals surface area (Å²) >= 11 is 0. The number of carbonyl (C=O) groups excluding carboxylic acids is 1. The molecule has 0 N–H and O–H groups in total. The van der Waals surface area contributed by atoms with Crippen LogP contribution in [-0.4, -0.2) is 14.3 Å². The molecule has 2 nitrogen and oxygen atoms in total. The van der Waals surface area contributed by atoms with Crippen LogP contribution in [0.1, 0.15) is 27.7 Å². The topological polar surface area (TPSA) is 26.3 Å². The Morgan fingerprint density at radius 1 is 1.23 bits per heavy atom. The van der Waals surface area contributed by atoms with Gasteiger partial charge in [-0.15, -0.1) is 0 Å². The summed E-state index contributed by atoms with van der Waals surface area (Å²) in [5, 5.41) is 0. The minimum Gasteiger partial charge on any atom is -0.516 e. The molecule has 0 aliphatic heterocycles. The minimum atomic E-state index is -1.75. The van der Waals surface area contributed by atoms with Crippen molar-refractivity contribution >= 4 is 14.3 Å². The van der Waals surface area contributed by atoms with Crippen LogP contribution in [0, 0.1) is 0 Å². The van der Waals surface area contributed by atoms with E-state index in [4.69, 9.17) is 4.43 Å². The average Bonchev–Trinajstić information content (AvgIpc) is 2.14. The minimum absolute atomic E-state index is 0.211. The molecule has 0 radical (unpaired) electrons. The summed E-state index contributed by atoms with van der Waals surface area (Å²) in [6, 6.07) is 3.00.